The summed E-state index contributed by atoms with van der Waals surface area (Å²) in [7, 11) is 0. The number of hydrogen-bond donors (Lipinski definition) is 1. The fourth-order valence-corrected chi connectivity index (χ4v) is 4.26. The van der Waals surface area contributed by atoms with E-state index in [-0.39, 0.29) is 35.4 Å². The first-order chi connectivity index (χ1) is 13.5. The minimum absolute atomic E-state index is 0.0123. The summed E-state index contributed by atoms with van der Waals surface area (Å²) >= 11 is 0. The van der Waals surface area contributed by atoms with Gasteiger partial charge in [0.15, 0.2) is 5.76 Å². The maximum Gasteiger partial charge on any atom is 0.289 e. The number of carbonyl (C=O) groups excluding carboxylic acids is 1. The SMILES string of the molecule is O=C(c1cc(=O)c(OCc2ccccc2)co1)N1CC[C@]2(O)CCCC[C@@H]2C1. The minimum Gasteiger partial charge on any atom is -0.482 e. The molecule has 0 radical (unpaired) electrons. The second-order valence-electron chi connectivity index (χ2n) is 7.79. The topological polar surface area (TPSA) is 80.0 Å². The zero-order valence-corrected chi connectivity index (χ0v) is 15.8. The average molecular weight is 383 g/mol. The summed E-state index contributed by atoms with van der Waals surface area (Å²) in [5.74, 6) is -0.113. The fraction of sp³-hybridized carbons (Fsp3) is 0.455. The lowest BCUT2D eigenvalue weighted by molar-refractivity contribution is -0.0889. The Bertz CT molecular complexity index is 893. The highest BCUT2D eigenvalue weighted by Gasteiger charge is 2.44. The molecular formula is C22H25NO5. The van der Waals surface area contributed by atoms with Gasteiger partial charge in [0.05, 0.1) is 5.60 Å². The molecule has 2 aliphatic rings. The van der Waals surface area contributed by atoms with E-state index < -0.39 is 5.60 Å². The van der Waals surface area contributed by atoms with Gasteiger partial charge >= 0.3 is 0 Å². The summed E-state index contributed by atoms with van der Waals surface area (Å²) in [5, 5.41) is 10.8. The second-order valence-corrected chi connectivity index (χ2v) is 7.79. The van der Waals surface area contributed by atoms with Crippen LogP contribution in [-0.4, -0.2) is 34.6 Å². The smallest absolute Gasteiger partial charge is 0.289 e. The van der Waals surface area contributed by atoms with Crippen molar-refractivity contribution in [3.8, 4) is 5.75 Å². The van der Waals surface area contributed by atoms with Gasteiger partial charge in [-0.15, -0.1) is 0 Å². The van der Waals surface area contributed by atoms with Crippen LogP contribution in [0.15, 0.2) is 51.9 Å². The van der Waals surface area contributed by atoms with Crippen LogP contribution >= 0.6 is 0 Å². The van der Waals surface area contributed by atoms with Crippen molar-refractivity contribution in [1.82, 2.24) is 4.90 Å². The zero-order valence-electron chi connectivity index (χ0n) is 15.8. The Kier molecular flexibility index (Phi) is 5.22. The molecule has 2 atom stereocenters. The van der Waals surface area contributed by atoms with Crippen LogP contribution in [0, 0.1) is 5.92 Å². The lowest BCUT2D eigenvalue weighted by Gasteiger charge is -2.47. The molecule has 1 N–H and O–H groups in total. The molecule has 1 aromatic heterocycles. The van der Waals surface area contributed by atoms with E-state index in [0.717, 1.165) is 31.2 Å². The van der Waals surface area contributed by atoms with Gasteiger partial charge in [-0.05, 0) is 24.8 Å². The van der Waals surface area contributed by atoms with E-state index >= 15 is 0 Å². The predicted molar refractivity (Wildman–Crippen MR) is 103 cm³/mol. The van der Waals surface area contributed by atoms with E-state index in [9.17, 15) is 14.7 Å². The molecule has 2 fully saturated rings. The molecule has 1 aromatic carbocycles. The summed E-state index contributed by atoms with van der Waals surface area (Å²) in [4.78, 5) is 26.8. The van der Waals surface area contributed by atoms with Crippen molar-refractivity contribution >= 4 is 5.91 Å². The molecule has 1 saturated heterocycles. The largest absolute Gasteiger partial charge is 0.482 e. The van der Waals surface area contributed by atoms with E-state index in [1.54, 1.807) is 4.90 Å². The molecule has 1 aliphatic heterocycles. The average Bonchev–Trinajstić information content (AvgIpc) is 2.72. The Hall–Kier alpha value is -2.60. The third-order valence-corrected chi connectivity index (χ3v) is 5.96. The summed E-state index contributed by atoms with van der Waals surface area (Å²) in [6.45, 7) is 1.23. The highest BCUT2D eigenvalue weighted by Crippen LogP contribution is 2.40. The Morgan fingerprint density at radius 1 is 1.25 bits per heavy atom. The van der Waals surface area contributed by atoms with Crippen molar-refractivity contribution in [3.05, 3.63) is 64.2 Å². The van der Waals surface area contributed by atoms with Crippen LogP contribution in [0.25, 0.3) is 0 Å². The van der Waals surface area contributed by atoms with E-state index in [2.05, 4.69) is 0 Å². The molecule has 0 unspecified atom stereocenters. The summed E-state index contributed by atoms with van der Waals surface area (Å²) in [6.07, 6.45) is 5.64. The third kappa shape index (κ3) is 3.83. The molecular weight excluding hydrogens is 358 g/mol. The number of nitrogens with zero attached hydrogens (tertiary/aromatic N) is 1. The molecule has 1 saturated carbocycles. The van der Waals surface area contributed by atoms with E-state index in [1.165, 1.54) is 12.3 Å². The van der Waals surface area contributed by atoms with Crippen molar-refractivity contribution in [1.29, 1.82) is 0 Å². The Morgan fingerprint density at radius 3 is 2.86 bits per heavy atom. The van der Waals surface area contributed by atoms with E-state index in [0.29, 0.717) is 19.5 Å². The van der Waals surface area contributed by atoms with Crippen molar-refractivity contribution < 1.29 is 19.1 Å². The zero-order chi connectivity index (χ0) is 19.6. The van der Waals surface area contributed by atoms with E-state index in [4.69, 9.17) is 9.15 Å². The normalized spacial score (nSPS) is 24.5. The number of carbonyl (C=O) groups is 1. The van der Waals surface area contributed by atoms with Gasteiger partial charge < -0.3 is 19.2 Å². The quantitative estimate of drug-likeness (QED) is 0.878. The molecule has 4 rings (SSSR count). The van der Waals surface area contributed by atoms with E-state index in [1.807, 2.05) is 30.3 Å². The summed E-state index contributed by atoms with van der Waals surface area (Å²) in [6, 6.07) is 10.7. The van der Waals surface area contributed by atoms with Crippen molar-refractivity contribution in [3.63, 3.8) is 0 Å². The van der Waals surface area contributed by atoms with Gasteiger partial charge in [-0.25, -0.2) is 0 Å². The molecule has 6 nitrogen and oxygen atoms in total. The number of ether oxygens (including phenoxy) is 1. The van der Waals surface area contributed by atoms with Gasteiger partial charge in [0, 0.05) is 25.1 Å². The molecule has 1 aliphatic carbocycles. The van der Waals surface area contributed by atoms with Crippen molar-refractivity contribution in [2.45, 2.75) is 44.3 Å². The number of rotatable bonds is 4. The molecule has 1 amide bonds. The first kappa shape index (κ1) is 18.7. The summed E-state index contributed by atoms with van der Waals surface area (Å²) in [5.41, 5.74) is -0.0857. The van der Waals surface area contributed by atoms with Gasteiger partial charge in [-0.1, -0.05) is 43.2 Å². The monoisotopic (exact) mass is 383 g/mol. The fourth-order valence-electron chi connectivity index (χ4n) is 4.26. The molecule has 2 heterocycles. The molecule has 28 heavy (non-hydrogen) atoms. The standard InChI is InChI=1S/C22H25NO5/c24-18-12-19(28-15-20(18)27-14-16-6-2-1-3-7-16)21(25)23-11-10-22(26)9-5-4-8-17(22)13-23/h1-3,6-7,12,15,17,26H,4-5,8-11,13-14H2/t17-,22-/m1/s1. The van der Waals surface area contributed by atoms with Crippen LogP contribution in [0.5, 0.6) is 5.75 Å². The van der Waals surface area contributed by atoms with Gasteiger partial charge in [0.2, 0.25) is 11.2 Å². The van der Waals surface area contributed by atoms with Crippen LogP contribution in [0.2, 0.25) is 0 Å². The number of fused-ring (bicyclic) bond motifs is 1. The number of likely N-dealkylation sites (tertiary alicyclic amines) is 1. The predicted octanol–water partition coefficient (Wildman–Crippen LogP) is 2.99. The highest BCUT2D eigenvalue weighted by atomic mass is 16.5. The second kappa shape index (κ2) is 7.80. The van der Waals surface area contributed by atoms with Crippen LogP contribution in [0.3, 0.4) is 0 Å². The molecule has 6 heteroatoms. The first-order valence-corrected chi connectivity index (χ1v) is 9.86. The number of hydrogen-bond acceptors (Lipinski definition) is 5. The molecule has 0 spiro atoms. The Balaban J connectivity index is 1.42. The Morgan fingerprint density at radius 2 is 2.07 bits per heavy atom. The number of aliphatic hydroxyl groups is 1. The van der Waals surface area contributed by atoms with Gasteiger partial charge in [0.25, 0.3) is 5.91 Å². The van der Waals surface area contributed by atoms with Crippen LogP contribution in [0.1, 0.15) is 48.2 Å². The number of amides is 1. The first-order valence-electron chi connectivity index (χ1n) is 9.86. The maximum absolute atomic E-state index is 12.8. The minimum atomic E-state index is -0.648. The van der Waals surface area contributed by atoms with Gasteiger partial charge in [-0.3, -0.25) is 9.59 Å². The molecule has 148 valence electrons. The number of benzene rings is 1. The van der Waals surface area contributed by atoms with Gasteiger partial charge in [-0.2, -0.15) is 0 Å². The number of piperidine rings is 1. The highest BCUT2D eigenvalue weighted by molar-refractivity contribution is 5.91. The Labute approximate surface area is 163 Å². The van der Waals surface area contributed by atoms with Crippen molar-refractivity contribution in [2.75, 3.05) is 13.1 Å². The van der Waals surface area contributed by atoms with Crippen LogP contribution in [-0.2, 0) is 6.61 Å². The molecule has 2 aromatic rings. The maximum atomic E-state index is 12.8. The van der Waals surface area contributed by atoms with Gasteiger partial charge in [0.1, 0.15) is 12.9 Å². The third-order valence-electron chi connectivity index (χ3n) is 5.96. The lowest BCUT2D eigenvalue weighted by Crippen LogP contribution is -2.54. The molecule has 0 bridgehead atoms. The van der Waals surface area contributed by atoms with Crippen molar-refractivity contribution in [2.24, 2.45) is 5.92 Å². The van der Waals surface area contributed by atoms with Crippen LogP contribution < -0.4 is 10.2 Å². The lowest BCUT2D eigenvalue weighted by atomic mass is 9.71. The summed E-state index contributed by atoms with van der Waals surface area (Å²) < 4.78 is 10.9. The van der Waals surface area contributed by atoms with Crippen LogP contribution in [0.4, 0.5) is 0 Å².